The maximum absolute atomic E-state index is 13.4. The number of hydrogen-bond acceptors (Lipinski definition) is 3. The smallest absolute Gasteiger partial charge is 0.319 e. The molecule has 0 bridgehead atoms. The van der Waals surface area contributed by atoms with E-state index in [1.54, 1.807) is 6.07 Å². The van der Waals surface area contributed by atoms with Crippen molar-refractivity contribution in [2.75, 3.05) is 5.32 Å². The highest BCUT2D eigenvalue weighted by atomic mass is 19.1. The zero-order valence-corrected chi connectivity index (χ0v) is 11.8. The van der Waals surface area contributed by atoms with Gasteiger partial charge in [0.1, 0.15) is 11.9 Å². The number of nitriles is 1. The highest BCUT2D eigenvalue weighted by molar-refractivity contribution is 5.89. The van der Waals surface area contributed by atoms with Crippen molar-refractivity contribution in [1.82, 2.24) is 5.32 Å². The molecule has 1 aromatic carbocycles. The van der Waals surface area contributed by atoms with Crippen molar-refractivity contribution in [1.29, 1.82) is 5.26 Å². The van der Waals surface area contributed by atoms with Crippen molar-refractivity contribution in [3.05, 3.63) is 29.6 Å². The van der Waals surface area contributed by atoms with E-state index in [-0.39, 0.29) is 23.2 Å². The molecule has 22 heavy (non-hydrogen) atoms. The Morgan fingerprint density at radius 3 is 2.50 bits per heavy atom. The van der Waals surface area contributed by atoms with Gasteiger partial charge in [-0.05, 0) is 43.9 Å². The van der Waals surface area contributed by atoms with E-state index in [2.05, 4.69) is 10.6 Å². The lowest BCUT2D eigenvalue weighted by Gasteiger charge is -2.26. The Hall–Kier alpha value is -2.62. The van der Waals surface area contributed by atoms with Crippen LogP contribution in [0, 0.1) is 23.1 Å². The number of aliphatic carboxylic acids is 1. The van der Waals surface area contributed by atoms with Crippen LogP contribution in [0.4, 0.5) is 14.9 Å². The Labute approximate surface area is 126 Å². The molecule has 1 aliphatic carbocycles. The zero-order valence-electron chi connectivity index (χ0n) is 11.8. The van der Waals surface area contributed by atoms with Gasteiger partial charge in [0.2, 0.25) is 0 Å². The van der Waals surface area contributed by atoms with Crippen molar-refractivity contribution in [2.45, 2.75) is 31.7 Å². The van der Waals surface area contributed by atoms with Gasteiger partial charge in [-0.15, -0.1) is 0 Å². The van der Waals surface area contributed by atoms with Crippen LogP contribution in [0.5, 0.6) is 0 Å². The molecule has 0 atom stereocenters. The molecule has 0 radical (unpaired) electrons. The molecule has 0 aliphatic heterocycles. The number of halogens is 1. The monoisotopic (exact) mass is 305 g/mol. The van der Waals surface area contributed by atoms with E-state index in [4.69, 9.17) is 10.4 Å². The minimum Gasteiger partial charge on any atom is -0.481 e. The summed E-state index contributed by atoms with van der Waals surface area (Å²) in [6.07, 6.45) is 2.27. The third-order valence-corrected chi connectivity index (χ3v) is 3.76. The van der Waals surface area contributed by atoms with Crippen molar-refractivity contribution in [3.63, 3.8) is 0 Å². The maximum Gasteiger partial charge on any atom is 0.319 e. The topological polar surface area (TPSA) is 102 Å². The molecule has 6 nitrogen and oxygen atoms in total. The lowest BCUT2D eigenvalue weighted by molar-refractivity contribution is -0.142. The number of carboxylic acid groups (broad SMARTS) is 1. The molecular formula is C15H16FN3O3. The van der Waals surface area contributed by atoms with Gasteiger partial charge in [0.25, 0.3) is 0 Å². The van der Waals surface area contributed by atoms with Crippen LogP contribution in [0.3, 0.4) is 0 Å². The number of nitrogens with zero attached hydrogens (tertiary/aromatic N) is 1. The van der Waals surface area contributed by atoms with Crippen molar-refractivity contribution >= 4 is 17.7 Å². The van der Waals surface area contributed by atoms with Gasteiger partial charge in [0.15, 0.2) is 0 Å². The van der Waals surface area contributed by atoms with Gasteiger partial charge >= 0.3 is 12.0 Å². The molecule has 0 spiro atoms. The number of hydrogen-bond donors (Lipinski definition) is 3. The molecule has 0 saturated heterocycles. The fraction of sp³-hybridized carbons (Fsp3) is 0.400. The third-order valence-electron chi connectivity index (χ3n) is 3.76. The number of urea groups is 1. The molecule has 116 valence electrons. The summed E-state index contributed by atoms with van der Waals surface area (Å²) in [7, 11) is 0. The van der Waals surface area contributed by atoms with E-state index in [0.717, 1.165) is 6.07 Å². The highest BCUT2D eigenvalue weighted by Crippen LogP contribution is 2.24. The van der Waals surface area contributed by atoms with Crippen LogP contribution in [-0.2, 0) is 4.79 Å². The van der Waals surface area contributed by atoms with Crippen LogP contribution < -0.4 is 10.6 Å². The first-order chi connectivity index (χ1) is 10.5. The van der Waals surface area contributed by atoms with Crippen molar-refractivity contribution < 1.29 is 19.1 Å². The Kier molecular flexibility index (Phi) is 4.94. The number of amides is 2. The Morgan fingerprint density at radius 1 is 1.27 bits per heavy atom. The summed E-state index contributed by atoms with van der Waals surface area (Å²) in [4.78, 5) is 22.7. The highest BCUT2D eigenvalue weighted by Gasteiger charge is 2.26. The molecule has 3 N–H and O–H groups in total. The van der Waals surface area contributed by atoms with E-state index in [1.165, 1.54) is 12.1 Å². The van der Waals surface area contributed by atoms with Crippen molar-refractivity contribution in [2.24, 2.45) is 5.92 Å². The molecular weight excluding hydrogens is 289 g/mol. The van der Waals surface area contributed by atoms with Gasteiger partial charge in [-0.25, -0.2) is 9.18 Å². The van der Waals surface area contributed by atoms with E-state index >= 15 is 0 Å². The summed E-state index contributed by atoms with van der Waals surface area (Å²) in [5.41, 5.74) is 0.172. The summed E-state index contributed by atoms with van der Waals surface area (Å²) in [5.74, 6) is -1.83. The minimum atomic E-state index is -0.795. The van der Waals surface area contributed by atoms with Gasteiger partial charge in [0.05, 0.1) is 11.5 Å². The Morgan fingerprint density at radius 2 is 1.95 bits per heavy atom. The molecule has 1 aliphatic rings. The van der Waals surface area contributed by atoms with Crippen LogP contribution in [0.2, 0.25) is 0 Å². The van der Waals surface area contributed by atoms with Crippen LogP contribution in [0.25, 0.3) is 0 Å². The molecule has 1 aromatic rings. The summed E-state index contributed by atoms with van der Waals surface area (Å²) in [6.45, 7) is 0. The second-order valence-electron chi connectivity index (χ2n) is 5.29. The van der Waals surface area contributed by atoms with Gasteiger partial charge in [0, 0.05) is 11.7 Å². The largest absolute Gasteiger partial charge is 0.481 e. The van der Waals surface area contributed by atoms with Gasteiger partial charge in [-0.3, -0.25) is 4.79 Å². The summed E-state index contributed by atoms with van der Waals surface area (Å²) in [6, 6.07) is 4.97. The van der Waals surface area contributed by atoms with E-state index in [1.807, 2.05) is 0 Å². The van der Waals surface area contributed by atoms with Crippen LogP contribution in [-0.4, -0.2) is 23.1 Å². The number of carboxylic acids is 1. The first-order valence-corrected chi connectivity index (χ1v) is 6.99. The molecule has 1 fully saturated rings. The Bertz CT molecular complexity index is 619. The number of carbonyl (C=O) groups is 2. The SMILES string of the molecule is N#Cc1ccc(NC(=O)NC2CCC(C(=O)O)CC2)cc1F. The molecule has 1 saturated carbocycles. The average Bonchev–Trinajstić information content (AvgIpc) is 2.48. The second kappa shape index (κ2) is 6.89. The number of nitrogens with one attached hydrogen (secondary N) is 2. The summed E-state index contributed by atoms with van der Waals surface area (Å²) in [5, 5.41) is 22.8. The van der Waals surface area contributed by atoms with E-state index in [9.17, 15) is 14.0 Å². The lowest BCUT2D eigenvalue weighted by Crippen LogP contribution is -2.41. The predicted molar refractivity (Wildman–Crippen MR) is 76.7 cm³/mol. The number of carbonyl (C=O) groups excluding carboxylic acids is 1. The summed E-state index contributed by atoms with van der Waals surface area (Å²) >= 11 is 0. The summed E-state index contributed by atoms with van der Waals surface area (Å²) < 4.78 is 13.4. The molecule has 7 heteroatoms. The fourth-order valence-corrected chi connectivity index (χ4v) is 2.52. The standard InChI is InChI=1S/C15H16FN3O3/c16-13-7-12(6-3-10(13)8-17)19-15(22)18-11-4-1-9(2-5-11)14(20)21/h3,6-7,9,11H,1-2,4-5H2,(H,20,21)(H2,18,19,22). The maximum atomic E-state index is 13.4. The van der Waals surface area contributed by atoms with Gasteiger partial charge in [-0.1, -0.05) is 0 Å². The normalized spacial score (nSPS) is 20.7. The van der Waals surface area contributed by atoms with Crippen LogP contribution >= 0.6 is 0 Å². The lowest BCUT2D eigenvalue weighted by atomic mass is 9.86. The van der Waals surface area contributed by atoms with E-state index in [0.29, 0.717) is 25.7 Å². The van der Waals surface area contributed by atoms with Crippen LogP contribution in [0.15, 0.2) is 18.2 Å². The zero-order chi connectivity index (χ0) is 16.1. The first-order valence-electron chi connectivity index (χ1n) is 6.99. The van der Waals surface area contributed by atoms with Gasteiger partial charge < -0.3 is 15.7 Å². The number of rotatable bonds is 3. The molecule has 0 aromatic heterocycles. The quantitative estimate of drug-likeness (QED) is 0.798. The fourth-order valence-electron chi connectivity index (χ4n) is 2.52. The van der Waals surface area contributed by atoms with E-state index < -0.39 is 17.8 Å². The first kappa shape index (κ1) is 15.8. The van der Waals surface area contributed by atoms with Crippen molar-refractivity contribution in [3.8, 4) is 6.07 Å². The average molecular weight is 305 g/mol. The Balaban J connectivity index is 1.85. The molecule has 0 heterocycles. The molecule has 2 amide bonds. The predicted octanol–water partition coefficient (Wildman–Crippen LogP) is 2.46. The third kappa shape index (κ3) is 3.95. The van der Waals surface area contributed by atoms with Gasteiger partial charge in [-0.2, -0.15) is 5.26 Å². The minimum absolute atomic E-state index is 0.0844. The second-order valence-corrected chi connectivity index (χ2v) is 5.29. The number of anilines is 1. The molecule has 0 unspecified atom stereocenters. The molecule has 2 rings (SSSR count). The van der Waals surface area contributed by atoms with Crippen LogP contribution in [0.1, 0.15) is 31.2 Å². The number of benzene rings is 1.